The number of hydrogen-bond acceptors (Lipinski definition) is 2. The highest BCUT2D eigenvalue weighted by Crippen LogP contribution is 2.15. The van der Waals surface area contributed by atoms with E-state index in [9.17, 15) is 0 Å². The number of rotatable bonds is 1. The highest BCUT2D eigenvalue weighted by atomic mass is 35.5. The number of nitrogens with zero attached hydrogens (tertiary/aromatic N) is 1. The van der Waals surface area contributed by atoms with Crippen LogP contribution in [-0.2, 0) is 0 Å². The van der Waals surface area contributed by atoms with Crippen molar-refractivity contribution in [3.63, 3.8) is 0 Å². The van der Waals surface area contributed by atoms with Crippen molar-refractivity contribution >= 4 is 28.4 Å². The van der Waals surface area contributed by atoms with Gasteiger partial charge in [-0.05, 0) is 18.4 Å². The van der Waals surface area contributed by atoms with Gasteiger partial charge in [0.25, 0.3) is 0 Å². The molecular formula is C9H10ClNS. The Morgan fingerprint density at radius 1 is 1.50 bits per heavy atom. The first-order valence-electron chi connectivity index (χ1n) is 3.54. The molecule has 0 aromatic heterocycles. The van der Waals surface area contributed by atoms with Crippen molar-refractivity contribution in [1.29, 1.82) is 0 Å². The van der Waals surface area contributed by atoms with Crippen LogP contribution in [0.25, 0.3) is 0 Å². The lowest BCUT2D eigenvalue weighted by Crippen LogP contribution is -1.93. The van der Waals surface area contributed by atoms with Crippen molar-refractivity contribution in [2.75, 3.05) is 13.3 Å². The van der Waals surface area contributed by atoms with Gasteiger partial charge in [0.2, 0.25) is 0 Å². The Kier molecular flexibility index (Phi) is 3.63. The summed E-state index contributed by atoms with van der Waals surface area (Å²) < 4.78 is 0. The lowest BCUT2D eigenvalue weighted by Gasteiger charge is -2.01. The molecule has 0 saturated heterocycles. The topological polar surface area (TPSA) is 12.4 Å². The summed E-state index contributed by atoms with van der Waals surface area (Å²) in [6.07, 6.45) is 2.00. The van der Waals surface area contributed by atoms with Crippen molar-refractivity contribution in [2.24, 2.45) is 4.99 Å². The summed E-state index contributed by atoms with van der Waals surface area (Å²) in [7, 11) is 1.78. The second kappa shape index (κ2) is 4.53. The molecule has 0 amide bonds. The third-order valence-electron chi connectivity index (χ3n) is 1.47. The molecule has 0 N–H and O–H groups in total. The van der Waals surface area contributed by atoms with E-state index >= 15 is 0 Å². The summed E-state index contributed by atoms with van der Waals surface area (Å²) in [6.45, 7) is 0. The van der Waals surface area contributed by atoms with Gasteiger partial charge in [-0.25, -0.2) is 0 Å². The smallest absolute Gasteiger partial charge is 0.0971 e. The summed E-state index contributed by atoms with van der Waals surface area (Å²) in [6, 6.07) is 7.71. The molecule has 0 aliphatic rings. The molecule has 0 spiro atoms. The van der Waals surface area contributed by atoms with Gasteiger partial charge < -0.3 is 0 Å². The molecule has 0 atom stereocenters. The van der Waals surface area contributed by atoms with E-state index in [2.05, 4.69) is 4.99 Å². The molecule has 1 aromatic carbocycles. The maximum Gasteiger partial charge on any atom is 0.0971 e. The van der Waals surface area contributed by atoms with E-state index < -0.39 is 0 Å². The van der Waals surface area contributed by atoms with E-state index in [4.69, 9.17) is 11.6 Å². The van der Waals surface area contributed by atoms with E-state index in [1.54, 1.807) is 18.8 Å². The maximum atomic E-state index is 5.84. The molecule has 0 saturated carbocycles. The summed E-state index contributed by atoms with van der Waals surface area (Å²) in [5, 5.41) is 1.76. The van der Waals surface area contributed by atoms with Gasteiger partial charge in [0.15, 0.2) is 0 Å². The SMILES string of the molecule is CN=C(SC)c1cccc(Cl)c1. The molecular weight excluding hydrogens is 190 g/mol. The van der Waals surface area contributed by atoms with Gasteiger partial charge in [0.1, 0.15) is 0 Å². The van der Waals surface area contributed by atoms with Crippen LogP contribution in [0.15, 0.2) is 29.3 Å². The third kappa shape index (κ3) is 2.26. The van der Waals surface area contributed by atoms with Gasteiger partial charge in [-0.15, -0.1) is 11.8 Å². The highest BCUT2D eigenvalue weighted by Gasteiger charge is 1.99. The van der Waals surface area contributed by atoms with Gasteiger partial charge in [0, 0.05) is 17.6 Å². The Morgan fingerprint density at radius 3 is 2.75 bits per heavy atom. The molecule has 0 aliphatic carbocycles. The number of thioether (sulfide) groups is 1. The first-order valence-corrected chi connectivity index (χ1v) is 5.15. The predicted molar refractivity (Wildman–Crippen MR) is 57.4 cm³/mol. The van der Waals surface area contributed by atoms with Gasteiger partial charge in [-0.1, -0.05) is 23.7 Å². The van der Waals surface area contributed by atoms with E-state index in [1.807, 2.05) is 30.5 Å². The van der Waals surface area contributed by atoms with Crippen molar-refractivity contribution in [1.82, 2.24) is 0 Å². The Morgan fingerprint density at radius 2 is 2.25 bits per heavy atom. The second-order valence-corrected chi connectivity index (χ2v) is 3.47. The minimum atomic E-state index is 0.753. The number of halogens is 1. The molecule has 1 rings (SSSR count). The fourth-order valence-electron chi connectivity index (χ4n) is 0.960. The van der Waals surface area contributed by atoms with Crippen molar-refractivity contribution in [3.8, 4) is 0 Å². The number of benzene rings is 1. The quantitative estimate of drug-likeness (QED) is 0.500. The summed E-state index contributed by atoms with van der Waals surface area (Å²) in [5.74, 6) is 0. The van der Waals surface area contributed by atoms with Crippen LogP contribution < -0.4 is 0 Å². The molecule has 3 heteroatoms. The van der Waals surface area contributed by atoms with E-state index in [1.165, 1.54) is 0 Å². The zero-order valence-electron chi connectivity index (χ0n) is 7.04. The maximum absolute atomic E-state index is 5.84. The normalized spacial score (nSPS) is 11.8. The predicted octanol–water partition coefficient (Wildman–Crippen LogP) is 3.08. The summed E-state index contributed by atoms with van der Waals surface area (Å²) >= 11 is 7.46. The molecule has 0 fully saturated rings. The van der Waals surface area contributed by atoms with Crippen molar-refractivity contribution in [3.05, 3.63) is 34.9 Å². The molecule has 0 bridgehead atoms. The second-order valence-electron chi connectivity index (χ2n) is 2.24. The molecule has 1 aromatic rings. The highest BCUT2D eigenvalue weighted by molar-refractivity contribution is 8.13. The van der Waals surface area contributed by atoms with E-state index in [0.717, 1.165) is 15.6 Å². The summed E-state index contributed by atoms with van der Waals surface area (Å²) in [4.78, 5) is 4.14. The van der Waals surface area contributed by atoms with Crippen LogP contribution in [0.3, 0.4) is 0 Å². The van der Waals surface area contributed by atoms with Gasteiger partial charge in [-0.3, -0.25) is 4.99 Å². The molecule has 0 radical (unpaired) electrons. The molecule has 64 valence electrons. The number of aliphatic imine (C=N–C) groups is 1. The molecule has 0 unspecified atom stereocenters. The average molecular weight is 200 g/mol. The largest absolute Gasteiger partial charge is 0.281 e. The van der Waals surface area contributed by atoms with Crippen LogP contribution >= 0.6 is 23.4 Å². The Labute approximate surface area is 81.8 Å². The molecule has 0 heterocycles. The van der Waals surface area contributed by atoms with E-state index in [0.29, 0.717) is 0 Å². The minimum absolute atomic E-state index is 0.753. The van der Waals surface area contributed by atoms with Gasteiger partial charge in [0.05, 0.1) is 5.04 Å². The minimum Gasteiger partial charge on any atom is -0.281 e. The van der Waals surface area contributed by atoms with E-state index in [-0.39, 0.29) is 0 Å². The third-order valence-corrected chi connectivity index (χ3v) is 2.51. The van der Waals surface area contributed by atoms with Crippen molar-refractivity contribution in [2.45, 2.75) is 0 Å². The fourth-order valence-corrected chi connectivity index (χ4v) is 1.70. The zero-order chi connectivity index (χ0) is 8.97. The average Bonchev–Trinajstić information content (AvgIpc) is 2.07. The molecule has 0 aliphatic heterocycles. The Bertz CT molecular complexity index is 296. The first kappa shape index (κ1) is 9.62. The molecule has 12 heavy (non-hydrogen) atoms. The van der Waals surface area contributed by atoms with Crippen LogP contribution in [0.5, 0.6) is 0 Å². The molecule has 1 nitrogen and oxygen atoms in total. The summed E-state index contributed by atoms with van der Waals surface area (Å²) in [5.41, 5.74) is 1.08. The fraction of sp³-hybridized carbons (Fsp3) is 0.222. The van der Waals surface area contributed by atoms with Gasteiger partial charge in [-0.2, -0.15) is 0 Å². The Hall–Kier alpha value is -0.470. The lowest BCUT2D eigenvalue weighted by atomic mass is 10.2. The van der Waals surface area contributed by atoms with Crippen LogP contribution in [-0.4, -0.2) is 18.3 Å². The van der Waals surface area contributed by atoms with Crippen LogP contribution in [0, 0.1) is 0 Å². The zero-order valence-corrected chi connectivity index (χ0v) is 8.62. The van der Waals surface area contributed by atoms with Crippen molar-refractivity contribution < 1.29 is 0 Å². The Balaban J connectivity index is 3.02. The van der Waals surface area contributed by atoms with Crippen LogP contribution in [0.4, 0.5) is 0 Å². The lowest BCUT2D eigenvalue weighted by molar-refractivity contribution is 1.45. The van der Waals surface area contributed by atoms with Crippen LogP contribution in [0.1, 0.15) is 5.56 Å². The first-order chi connectivity index (χ1) is 5.77. The monoisotopic (exact) mass is 199 g/mol. The standard InChI is InChI=1S/C9H10ClNS/c1-11-9(12-2)7-4-3-5-8(10)6-7/h3-6H,1-2H3. The van der Waals surface area contributed by atoms with Crippen LogP contribution in [0.2, 0.25) is 5.02 Å². The van der Waals surface area contributed by atoms with Gasteiger partial charge >= 0.3 is 0 Å². The number of hydrogen-bond donors (Lipinski definition) is 0.